The normalized spacial score (nSPS) is 15.2. The number of carbonyl (C=O) groups excluding carboxylic acids is 3. The van der Waals surface area contributed by atoms with Crippen molar-refractivity contribution in [1.29, 1.82) is 0 Å². The predicted octanol–water partition coefficient (Wildman–Crippen LogP) is 4.88. The number of hydrogen-bond acceptors (Lipinski definition) is 5. The third-order valence-electron chi connectivity index (χ3n) is 5.62. The van der Waals surface area contributed by atoms with Gasteiger partial charge in [0.2, 0.25) is 0 Å². The highest BCUT2D eigenvalue weighted by atomic mass is 16.6. The van der Waals surface area contributed by atoms with Crippen molar-refractivity contribution in [2.75, 3.05) is 13.2 Å². The van der Waals surface area contributed by atoms with E-state index in [1.54, 1.807) is 12.1 Å². The van der Waals surface area contributed by atoms with Gasteiger partial charge in [-0.15, -0.1) is 0 Å². The van der Waals surface area contributed by atoms with E-state index in [9.17, 15) is 14.4 Å². The molecule has 1 heterocycles. The molecule has 1 fully saturated rings. The number of ether oxygens (including phenoxy) is 2. The summed E-state index contributed by atoms with van der Waals surface area (Å²) in [4.78, 5) is 38.9. The molecule has 1 amide bonds. The molecule has 1 aliphatic heterocycles. The second-order valence-electron chi connectivity index (χ2n) is 7.87. The molecule has 3 aromatic carbocycles. The van der Waals surface area contributed by atoms with Gasteiger partial charge >= 0.3 is 12.1 Å². The SMILES string of the molecule is O=C(COC(=O)C1CCCN1C(=O)OCc1ccccc1)c1ccc(-c2ccccc2)cc1. The fourth-order valence-electron chi connectivity index (χ4n) is 3.83. The Kier molecular flexibility index (Phi) is 7.15. The van der Waals surface area contributed by atoms with Gasteiger partial charge in [-0.3, -0.25) is 9.69 Å². The Bertz CT molecular complexity index is 1100. The predicted molar refractivity (Wildman–Crippen MR) is 124 cm³/mol. The Morgan fingerprint density at radius 2 is 1.42 bits per heavy atom. The average Bonchev–Trinajstić information content (AvgIpc) is 3.37. The number of carbonyl (C=O) groups is 3. The van der Waals surface area contributed by atoms with Gasteiger partial charge in [0, 0.05) is 12.1 Å². The van der Waals surface area contributed by atoms with Crippen molar-refractivity contribution in [3.05, 3.63) is 96.1 Å². The Labute approximate surface area is 192 Å². The maximum Gasteiger partial charge on any atom is 0.410 e. The first kappa shape index (κ1) is 22.3. The zero-order valence-corrected chi connectivity index (χ0v) is 18.2. The van der Waals surface area contributed by atoms with Crippen LogP contribution in [0.1, 0.15) is 28.8 Å². The molecule has 0 bridgehead atoms. The van der Waals surface area contributed by atoms with Crippen LogP contribution in [0, 0.1) is 0 Å². The Morgan fingerprint density at radius 3 is 2.12 bits per heavy atom. The summed E-state index contributed by atoms with van der Waals surface area (Å²) in [5.74, 6) is -0.877. The minimum absolute atomic E-state index is 0.134. The van der Waals surface area contributed by atoms with E-state index in [-0.39, 0.29) is 19.0 Å². The molecule has 6 nitrogen and oxygen atoms in total. The van der Waals surface area contributed by atoms with E-state index in [2.05, 4.69) is 0 Å². The molecule has 0 saturated carbocycles. The first-order valence-electron chi connectivity index (χ1n) is 10.9. The van der Waals surface area contributed by atoms with Crippen LogP contribution in [0.15, 0.2) is 84.9 Å². The lowest BCUT2D eigenvalue weighted by atomic mass is 10.0. The Balaban J connectivity index is 1.29. The molecule has 0 aromatic heterocycles. The van der Waals surface area contributed by atoms with Gasteiger partial charge in [-0.1, -0.05) is 84.9 Å². The van der Waals surface area contributed by atoms with Crippen LogP contribution in [-0.4, -0.2) is 41.9 Å². The Hall–Kier alpha value is -3.93. The number of nitrogens with zero attached hydrogens (tertiary/aromatic N) is 1. The quantitative estimate of drug-likeness (QED) is 0.384. The summed E-state index contributed by atoms with van der Waals surface area (Å²) in [6.45, 7) is 0.185. The maximum atomic E-state index is 12.6. The van der Waals surface area contributed by atoms with Gasteiger partial charge in [-0.25, -0.2) is 9.59 Å². The molecule has 33 heavy (non-hydrogen) atoms. The summed E-state index contributed by atoms with van der Waals surface area (Å²) in [5, 5.41) is 0. The molecule has 0 radical (unpaired) electrons. The summed E-state index contributed by atoms with van der Waals surface area (Å²) >= 11 is 0. The Morgan fingerprint density at radius 1 is 0.788 bits per heavy atom. The smallest absolute Gasteiger partial charge is 0.410 e. The maximum absolute atomic E-state index is 12.6. The molecule has 1 aliphatic rings. The van der Waals surface area contributed by atoms with Crippen LogP contribution in [-0.2, 0) is 20.9 Å². The highest BCUT2D eigenvalue weighted by molar-refractivity contribution is 5.98. The molecule has 0 aliphatic carbocycles. The van der Waals surface area contributed by atoms with Gasteiger partial charge < -0.3 is 9.47 Å². The molecule has 0 spiro atoms. The van der Waals surface area contributed by atoms with Crippen LogP contribution in [0.2, 0.25) is 0 Å². The molecular weight excluding hydrogens is 418 g/mol. The minimum atomic E-state index is -0.735. The molecule has 1 saturated heterocycles. The van der Waals surface area contributed by atoms with Crippen molar-refractivity contribution in [3.8, 4) is 11.1 Å². The fourth-order valence-corrected chi connectivity index (χ4v) is 3.83. The third-order valence-corrected chi connectivity index (χ3v) is 5.62. The number of likely N-dealkylation sites (tertiary alicyclic amines) is 1. The number of ketones is 1. The molecule has 1 atom stereocenters. The van der Waals surface area contributed by atoms with Gasteiger partial charge in [0.05, 0.1) is 0 Å². The number of rotatable bonds is 7. The highest BCUT2D eigenvalue weighted by Crippen LogP contribution is 2.21. The van der Waals surface area contributed by atoms with E-state index < -0.39 is 18.1 Å². The number of amides is 1. The third kappa shape index (κ3) is 5.66. The van der Waals surface area contributed by atoms with Crippen molar-refractivity contribution >= 4 is 17.8 Å². The number of benzene rings is 3. The zero-order valence-electron chi connectivity index (χ0n) is 18.2. The van der Waals surface area contributed by atoms with E-state index in [0.717, 1.165) is 16.7 Å². The number of hydrogen-bond donors (Lipinski definition) is 0. The molecule has 4 rings (SSSR count). The van der Waals surface area contributed by atoms with E-state index in [4.69, 9.17) is 9.47 Å². The summed E-state index contributed by atoms with van der Waals surface area (Å²) in [6, 6.07) is 25.6. The summed E-state index contributed by atoms with van der Waals surface area (Å²) in [7, 11) is 0. The van der Waals surface area contributed by atoms with Crippen molar-refractivity contribution in [1.82, 2.24) is 4.90 Å². The number of Topliss-reactive ketones (excluding diaryl/α,β-unsaturated/α-hetero) is 1. The molecule has 6 heteroatoms. The fraction of sp³-hybridized carbons (Fsp3) is 0.222. The molecular formula is C27H25NO5. The first-order valence-corrected chi connectivity index (χ1v) is 10.9. The van der Waals surface area contributed by atoms with E-state index in [0.29, 0.717) is 24.9 Å². The minimum Gasteiger partial charge on any atom is -0.456 e. The van der Waals surface area contributed by atoms with E-state index >= 15 is 0 Å². The van der Waals surface area contributed by atoms with Crippen LogP contribution in [0.5, 0.6) is 0 Å². The first-order chi connectivity index (χ1) is 16.1. The van der Waals surface area contributed by atoms with Crippen LogP contribution in [0.3, 0.4) is 0 Å². The van der Waals surface area contributed by atoms with Crippen LogP contribution >= 0.6 is 0 Å². The summed E-state index contributed by atoms with van der Waals surface area (Å²) in [5.41, 5.74) is 3.39. The van der Waals surface area contributed by atoms with Gasteiger partial charge in [-0.2, -0.15) is 0 Å². The van der Waals surface area contributed by atoms with Crippen molar-refractivity contribution in [2.24, 2.45) is 0 Å². The van der Waals surface area contributed by atoms with Crippen molar-refractivity contribution in [2.45, 2.75) is 25.5 Å². The average molecular weight is 443 g/mol. The lowest BCUT2D eigenvalue weighted by molar-refractivity contribution is -0.147. The van der Waals surface area contributed by atoms with Crippen molar-refractivity contribution < 1.29 is 23.9 Å². The van der Waals surface area contributed by atoms with Gasteiger partial charge in [0.15, 0.2) is 12.4 Å². The van der Waals surface area contributed by atoms with Gasteiger partial charge in [0.25, 0.3) is 0 Å². The molecule has 168 valence electrons. The largest absolute Gasteiger partial charge is 0.456 e. The zero-order chi connectivity index (χ0) is 23.0. The summed E-state index contributed by atoms with van der Waals surface area (Å²) < 4.78 is 10.6. The van der Waals surface area contributed by atoms with Gasteiger partial charge in [0.1, 0.15) is 12.6 Å². The highest BCUT2D eigenvalue weighted by Gasteiger charge is 2.36. The molecule has 3 aromatic rings. The topological polar surface area (TPSA) is 72.9 Å². The van der Waals surface area contributed by atoms with Crippen LogP contribution < -0.4 is 0 Å². The monoisotopic (exact) mass is 443 g/mol. The van der Waals surface area contributed by atoms with Gasteiger partial charge in [-0.05, 0) is 29.5 Å². The molecule has 1 unspecified atom stereocenters. The van der Waals surface area contributed by atoms with Crippen LogP contribution in [0.25, 0.3) is 11.1 Å². The second kappa shape index (κ2) is 10.6. The summed E-state index contributed by atoms with van der Waals surface area (Å²) in [6.07, 6.45) is 0.607. The second-order valence-corrected chi connectivity index (χ2v) is 7.87. The van der Waals surface area contributed by atoms with Crippen LogP contribution in [0.4, 0.5) is 4.79 Å². The lowest BCUT2D eigenvalue weighted by Crippen LogP contribution is -2.42. The van der Waals surface area contributed by atoms with E-state index in [1.165, 1.54) is 4.90 Å². The standard InChI is InChI=1S/C27H25NO5/c29-25(23-15-13-22(14-16-23)21-10-5-2-6-11-21)19-32-26(30)24-12-7-17-28(24)27(31)33-18-20-8-3-1-4-9-20/h1-6,8-11,13-16,24H,7,12,17-19H2. The van der Waals surface area contributed by atoms with E-state index in [1.807, 2.05) is 72.8 Å². The van der Waals surface area contributed by atoms with Crippen molar-refractivity contribution in [3.63, 3.8) is 0 Å². The molecule has 0 N–H and O–H groups in total. The lowest BCUT2D eigenvalue weighted by Gasteiger charge is -2.22. The number of esters is 1.